The highest BCUT2D eigenvalue weighted by Crippen LogP contribution is 2.10. The van der Waals surface area contributed by atoms with Crippen molar-refractivity contribution in [2.75, 3.05) is 11.9 Å². The fourth-order valence-electron chi connectivity index (χ4n) is 0.717. The van der Waals surface area contributed by atoms with Crippen LogP contribution in [0.5, 0.6) is 0 Å². The third-order valence-corrected chi connectivity index (χ3v) is 1.31. The molecule has 0 fully saturated rings. The second kappa shape index (κ2) is 3.42. The van der Waals surface area contributed by atoms with Crippen LogP contribution in [0.25, 0.3) is 0 Å². The minimum Gasteiger partial charge on any atom is -0.385 e. The predicted molar refractivity (Wildman–Crippen MR) is 43.4 cm³/mol. The standard InChI is InChI=1S/C7H9ClN2/c1-2-9-6-3-4-10-7(8)5-6/h3-5H,2H2,1H3,(H,9,10). The molecule has 1 rings (SSSR count). The number of hydrogen-bond acceptors (Lipinski definition) is 2. The van der Waals surface area contributed by atoms with Crippen molar-refractivity contribution >= 4 is 17.3 Å². The Morgan fingerprint density at radius 1 is 1.70 bits per heavy atom. The molecule has 10 heavy (non-hydrogen) atoms. The van der Waals surface area contributed by atoms with Gasteiger partial charge in [-0.25, -0.2) is 4.98 Å². The normalized spacial score (nSPS) is 9.40. The zero-order chi connectivity index (χ0) is 7.40. The molecule has 0 saturated carbocycles. The van der Waals surface area contributed by atoms with Gasteiger partial charge in [-0.2, -0.15) is 0 Å². The summed E-state index contributed by atoms with van der Waals surface area (Å²) in [6, 6.07) is 3.68. The predicted octanol–water partition coefficient (Wildman–Crippen LogP) is 2.17. The van der Waals surface area contributed by atoms with Crippen LogP contribution in [-0.4, -0.2) is 11.5 Å². The van der Waals surface area contributed by atoms with Crippen LogP contribution in [0.2, 0.25) is 5.15 Å². The van der Waals surface area contributed by atoms with Crippen LogP contribution in [0.1, 0.15) is 6.92 Å². The van der Waals surface area contributed by atoms with Gasteiger partial charge in [0.25, 0.3) is 0 Å². The van der Waals surface area contributed by atoms with E-state index in [1.54, 1.807) is 12.3 Å². The maximum absolute atomic E-state index is 5.63. The van der Waals surface area contributed by atoms with Crippen LogP contribution in [0, 0.1) is 0 Å². The van der Waals surface area contributed by atoms with E-state index in [4.69, 9.17) is 11.6 Å². The van der Waals surface area contributed by atoms with E-state index in [1.165, 1.54) is 0 Å². The zero-order valence-electron chi connectivity index (χ0n) is 5.76. The molecule has 0 unspecified atom stereocenters. The second-order valence-electron chi connectivity index (χ2n) is 1.90. The van der Waals surface area contributed by atoms with Crippen LogP contribution in [0.15, 0.2) is 18.3 Å². The van der Waals surface area contributed by atoms with E-state index in [0.29, 0.717) is 5.15 Å². The lowest BCUT2D eigenvalue weighted by Crippen LogP contribution is -1.95. The van der Waals surface area contributed by atoms with E-state index in [9.17, 15) is 0 Å². The van der Waals surface area contributed by atoms with E-state index in [1.807, 2.05) is 13.0 Å². The number of hydrogen-bond donors (Lipinski definition) is 1. The Morgan fingerprint density at radius 2 is 2.50 bits per heavy atom. The smallest absolute Gasteiger partial charge is 0.131 e. The average molecular weight is 157 g/mol. The van der Waals surface area contributed by atoms with Gasteiger partial charge in [0.1, 0.15) is 5.15 Å². The van der Waals surface area contributed by atoms with Crippen LogP contribution in [0.4, 0.5) is 5.69 Å². The summed E-state index contributed by atoms with van der Waals surface area (Å²) in [4.78, 5) is 3.85. The van der Waals surface area contributed by atoms with Crippen molar-refractivity contribution < 1.29 is 0 Å². The maximum atomic E-state index is 5.63. The van der Waals surface area contributed by atoms with E-state index < -0.39 is 0 Å². The molecule has 0 spiro atoms. The van der Waals surface area contributed by atoms with Gasteiger partial charge in [-0.05, 0) is 19.1 Å². The highest BCUT2D eigenvalue weighted by Gasteiger charge is 1.89. The van der Waals surface area contributed by atoms with Gasteiger partial charge in [-0.3, -0.25) is 0 Å². The zero-order valence-corrected chi connectivity index (χ0v) is 6.52. The molecule has 1 heterocycles. The molecule has 0 aromatic carbocycles. The minimum atomic E-state index is 0.526. The lowest BCUT2D eigenvalue weighted by Gasteiger charge is -2.00. The number of nitrogens with one attached hydrogen (secondary N) is 1. The van der Waals surface area contributed by atoms with Crippen molar-refractivity contribution in [2.24, 2.45) is 0 Å². The molecule has 1 aromatic heterocycles. The summed E-state index contributed by atoms with van der Waals surface area (Å²) in [6.45, 7) is 2.94. The molecule has 1 aromatic rings. The Morgan fingerprint density at radius 3 is 3.10 bits per heavy atom. The molecular weight excluding hydrogens is 148 g/mol. The second-order valence-corrected chi connectivity index (χ2v) is 2.28. The molecular formula is C7H9ClN2. The third kappa shape index (κ3) is 1.88. The van der Waals surface area contributed by atoms with Crippen molar-refractivity contribution in [3.8, 4) is 0 Å². The topological polar surface area (TPSA) is 24.9 Å². The third-order valence-electron chi connectivity index (χ3n) is 1.11. The number of nitrogens with zero attached hydrogens (tertiary/aromatic N) is 1. The van der Waals surface area contributed by atoms with Gasteiger partial charge in [-0.15, -0.1) is 0 Å². The lowest BCUT2D eigenvalue weighted by molar-refractivity contribution is 1.20. The van der Waals surface area contributed by atoms with Crippen molar-refractivity contribution in [3.63, 3.8) is 0 Å². The first-order chi connectivity index (χ1) is 4.83. The van der Waals surface area contributed by atoms with Gasteiger partial charge in [0.15, 0.2) is 0 Å². The summed E-state index contributed by atoms with van der Waals surface area (Å²) in [6.07, 6.45) is 1.68. The van der Waals surface area contributed by atoms with Gasteiger partial charge >= 0.3 is 0 Å². The summed E-state index contributed by atoms with van der Waals surface area (Å²) < 4.78 is 0. The first kappa shape index (κ1) is 7.35. The molecule has 0 radical (unpaired) electrons. The van der Waals surface area contributed by atoms with Crippen molar-refractivity contribution in [3.05, 3.63) is 23.5 Å². The van der Waals surface area contributed by atoms with Gasteiger partial charge < -0.3 is 5.32 Å². The number of anilines is 1. The molecule has 0 amide bonds. The van der Waals surface area contributed by atoms with E-state index in [0.717, 1.165) is 12.2 Å². The maximum Gasteiger partial charge on any atom is 0.131 e. The Hall–Kier alpha value is -0.760. The molecule has 0 aliphatic heterocycles. The van der Waals surface area contributed by atoms with Crippen LogP contribution < -0.4 is 5.32 Å². The molecule has 0 bridgehead atoms. The summed E-state index contributed by atoms with van der Waals surface area (Å²) in [5.41, 5.74) is 1.02. The quantitative estimate of drug-likeness (QED) is 0.664. The first-order valence-corrected chi connectivity index (χ1v) is 3.56. The van der Waals surface area contributed by atoms with E-state index in [-0.39, 0.29) is 0 Å². The highest BCUT2D eigenvalue weighted by atomic mass is 35.5. The molecule has 1 N–H and O–H groups in total. The Balaban J connectivity index is 2.75. The molecule has 0 saturated heterocycles. The average Bonchev–Trinajstić information content (AvgIpc) is 1.88. The Bertz CT molecular complexity index is 213. The fourth-order valence-corrected chi connectivity index (χ4v) is 0.890. The van der Waals surface area contributed by atoms with Gasteiger partial charge in [0.2, 0.25) is 0 Å². The summed E-state index contributed by atoms with van der Waals surface area (Å²) >= 11 is 5.63. The number of halogens is 1. The Kier molecular flexibility index (Phi) is 2.51. The van der Waals surface area contributed by atoms with Crippen molar-refractivity contribution in [1.29, 1.82) is 0 Å². The first-order valence-electron chi connectivity index (χ1n) is 3.18. The molecule has 3 heteroatoms. The van der Waals surface area contributed by atoms with Crippen LogP contribution in [-0.2, 0) is 0 Å². The Labute approximate surface area is 65.2 Å². The van der Waals surface area contributed by atoms with Crippen molar-refractivity contribution in [2.45, 2.75) is 6.92 Å². The van der Waals surface area contributed by atoms with Crippen LogP contribution >= 0.6 is 11.6 Å². The van der Waals surface area contributed by atoms with E-state index >= 15 is 0 Å². The molecule has 54 valence electrons. The van der Waals surface area contributed by atoms with Crippen molar-refractivity contribution in [1.82, 2.24) is 4.98 Å². The van der Waals surface area contributed by atoms with Crippen LogP contribution in [0.3, 0.4) is 0 Å². The molecule has 0 aliphatic carbocycles. The molecule has 2 nitrogen and oxygen atoms in total. The van der Waals surface area contributed by atoms with Gasteiger partial charge in [0, 0.05) is 18.4 Å². The SMILES string of the molecule is CCNc1ccnc(Cl)c1. The number of aromatic nitrogens is 1. The summed E-state index contributed by atoms with van der Waals surface area (Å²) in [5.74, 6) is 0. The van der Waals surface area contributed by atoms with Gasteiger partial charge in [-0.1, -0.05) is 11.6 Å². The largest absolute Gasteiger partial charge is 0.385 e. The lowest BCUT2D eigenvalue weighted by atomic mass is 10.4. The highest BCUT2D eigenvalue weighted by molar-refractivity contribution is 6.29. The van der Waals surface area contributed by atoms with Gasteiger partial charge in [0.05, 0.1) is 0 Å². The number of pyridine rings is 1. The summed E-state index contributed by atoms with van der Waals surface area (Å²) in [5, 5.41) is 3.65. The summed E-state index contributed by atoms with van der Waals surface area (Å²) in [7, 11) is 0. The minimum absolute atomic E-state index is 0.526. The molecule has 0 aliphatic rings. The monoisotopic (exact) mass is 156 g/mol. The molecule has 0 atom stereocenters. The fraction of sp³-hybridized carbons (Fsp3) is 0.286. The van der Waals surface area contributed by atoms with E-state index in [2.05, 4.69) is 10.3 Å². The number of rotatable bonds is 2.